The number of fused-ring (bicyclic) bond motifs is 4. The van der Waals surface area contributed by atoms with E-state index in [1.165, 1.54) is 5.57 Å². The number of benzene rings is 2. The Morgan fingerprint density at radius 2 is 1.76 bits per heavy atom. The van der Waals surface area contributed by atoms with Crippen molar-refractivity contribution >= 4 is 11.6 Å². The third kappa shape index (κ3) is 3.24. The number of aliphatic imine (C=N–C) groups is 1. The maximum absolute atomic E-state index is 6.33. The summed E-state index contributed by atoms with van der Waals surface area (Å²) >= 11 is 0. The fourth-order valence-corrected chi connectivity index (χ4v) is 4.71. The standard InChI is InChI=1S/C26H23N3O4/c1-30-20-10-19(13-28-14-20)18-3-5-24-22(12-18)26(15-32-25(27)29-26)21-11-17(2-4-23(21)33-24)16-6-8-31-9-7-16/h2-6,10-14H,7-9,15H2,1H3,(H2,27,29)/t26-/m1/s1. The summed E-state index contributed by atoms with van der Waals surface area (Å²) in [5.41, 5.74) is 11.5. The Hall–Kier alpha value is -3.84. The molecule has 6 rings (SSSR count). The molecule has 0 aliphatic carbocycles. The van der Waals surface area contributed by atoms with Gasteiger partial charge >= 0.3 is 0 Å². The van der Waals surface area contributed by atoms with E-state index in [1.54, 1.807) is 13.3 Å². The van der Waals surface area contributed by atoms with Gasteiger partial charge in [0.05, 0.1) is 26.5 Å². The molecule has 1 spiro atoms. The molecule has 2 aromatic carbocycles. The average Bonchev–Trinajstić information content (AvgIpc) is 3.26. The van der Waals surface area contributed by atoms with E-state index in [0.717, 1.165) is 52.3 Å². The number of ether oxygens (including phenoxy) is 4. The van der Waals surface area contributed by atoms with Crippen molar-refractivity contribution in [1.82, 2.24) is 4.98 Å². The van der Waals surface area contributed by atoms with Gasteiger partial charge in [0, 0.05) is 22.9 Å². The first-order chi connectivity index (χ1) is 16.2. The van der Waals surface area contributed by atoms with Crippen LogP contribution >= 0.6 is 0 Å². The second-order valence-electron chi connectivity index (χ2n) is 8.29. The van der Waals surface area contributed by atoms with E-state index >= 15 is 0 Å². The molecule has 3 aromatic rings. The highest BCUT2D eigenvalue weighted by atomic mass is 16.5. The molecule has 0 saturated carbocycles. The maximum Gasteiger partial charge on any atom is 0.283 e. The molecule has 7 heteroatoms. The Morgan fingerprint density at radius 3 is 2.45 bits per heavy atom. The normalized spacial score (nSPS) is 20.8. The molecule has 3 aliphatic rings. The number of hydrogen-bond acceptors (Lipinski definition) is 7. The van der Waals surface area contributed by atoms with Crippen molar-refractivity contribution in [3.05, 3.63) is 77.6 Å². The van der Waals surface area contributed by atoms with Crippen molar-refractivity contribution in [2.24, 2.45) is 10.7 Å². The van der Waals surface area contributed by atoms with Gasteiger partial charge in [0.15, 0.2) is 5.54 Å². The van der Waals surface area contributed by atoms with Gasteiger partial charge < -0.3 is 24.7 Å². The van der Waals surface area contributed by atoms with Gasteiger partial charge in [0.2, 0.25) is 0 Å². The summed E-state index contributed by atoms with van der Waals surface area (Å²) in [6, 6.07) is 14.5. The predicted octanol–water partition coefficient (Wildman–Crippen LogP) is 4.26. The molecule has 0 fully saturated rings. The first kappa shape index (κ1) is 19.8. The average molecular weight is 441 g/mol. The van der Waals surface area contributed by atoms with Gasteiger partial charge in [0.25, 0.3) is 6.02 Å². The molecule has 1 atom stereocenters. The van der Waals surface area contributed by atoms with Gasteiger partial charge in [-0.15, -0.1) is 0 Å². The Bertz CT molecular complexity index is 1320. The van der Waals surface area contributed by atoms with E-state index in [-0.39, 0.29) is 6.02 Å². The quantitative estimate of drug-likeness (QED) is 0.654. The SMILES string of the molecule is COc1cncc(-c2ccc3c(c2)[C@@]2(COC(N)=N2)c2cc(C4=CCOCC4)ccc2O3)c1. The third-order valence-corrected chi connectivity index (χ3v) is 6.42. The number of nitrogens with two attached hydrogens (primary N) is 1. The molecular formula is C26H23N3O4. The third-order valence-electron chi connectivity index (χ3n) is 6.42. The largest absolute Gasteiger partial charge is 0.495 e. The van der Waals surface area contributed by atoms with E-state index in [4.69, 9.17) is 29.7 Å². The van der Waals surface area contributed by atoms with Gasteiger partial charge in [-0.25, -0.2) is 4.99 Å². The molecule has 0 saturated heterocycles. The second-order valence-corrected chi connectivity index (χ2v) is 8.29. The van der Waals surface area contributed by atoms with Crippen LogP contribution in [0.25, 0.3) is 16.7 Å². The van der Waals surface area contributed by atoms with Crippen LogP contribution < -0.4 is 15.2 Å². The molecule has 33 heavy (non-hydrogen) atoms. The highest BCUT2D eigenvalue weighted by Gasteiger charge is 2.47. The maximum atomic E-state index is 6.33. The summed E-state index contributed by atoms with van der Waals surface area (Å²) in [5.74, 6) is 2.20. The fraction of sp³-hybridized carbons (Fsp3) is 0.231. The lowest BCUT2D eigenvalue weighted by Gasteiger charge is -2.34. The highest BCUT2D eigenvalue weighted by Crippen LogP contribution is 2.52. The van der Waals surface area contributed by atoms with Gasteiger partial charge in [-0.3, -0.25) is 4.98 Å². The molecule has 166 valence electrons. The summed E-state index contributed by atoms with van der Waals surface area (Å²) in [6.45, 7) is 1.66. The van der Waals surface area contributed by atoms with Crippen molar-refractivity contribution in [2.75, 3.05) is 26.9 Å². The van der Waals surface area contributed by atoms with Gasteiger partial charge in [-0.1, -0.05) is 18.2 Å². The summed E-state index contributed by atoms with van der Waals surface area (Å²) in [5, 5.41) is 0. The fourth-order valence-electron chi connectivity index (χ4n) is 4.71. The van der Waals surface area contributed by atoms with Crippen LogP contribution in [0.5, 0.6) is 17.2 Å². The number of hydrogen-bond donors (Lipinski definition) is 1. The zero-order valence-electron chi connectivity index (χ0n) is 18.2. The van der Waals surface area contributed by atoms with Crippen LogP contribution in [-0.4, -0.2) is 37.9 Å². The Morgan fingerprint density at radius 1 is 0.970 bits per heavy atom. The van der Waals surface area contributed by atoms with Crippen molar-refractivity contribution in [1.29, 1.82) is 0 Å². The minimum Gasteiger partial charge on any atom is -0.495 e. The molecule has 2 N–H and O–H groups in total. The summed E-state index contributed by atoms with van der Waals surface area (Å²) in [7, 11) is 1.63. The van der Waals surface area contributed by atoms with E-state index < -0.39 is 5.54 Å². The predicted molar refractivity (Wildman–Crippen MR) is 125 cm³/mol. The minimum absolute atomic E-state index is 0.179. The molecule has 0 unspecified atom stereocenters. The lowest BCUT2D eigenvalue weighted by Crippen LogP contribution is -2.31. The molecule has 3 aliphatic heterocycles. The molecule has 0 bridgehead atoms. The van der Waals surface area contributed by atoms with Crippen LogP contribution in [0.15, 0.2) is 65.9 Å². The van der Waals surface area contributed by atoms with Crippen LogP contribution in [0.4, 0.5) is 0 Å². The number of nitrogens with zero attached hydrogens (tertiary/aromatic N) is 2. The molecule has 4 heterocycles. The zero-order valence-corrected chi connectivity index (χ0v) is 18.2. The highest BCUT2D eigenvalue weighted by molar-refractivity contribution is 5.79. The van der Waals surface area contributed by atoms with Crippen molar-refractivity contribution in [3.8, 4) is 28.4 Å². The van der Waals surface area contributed by atoms with Crippen LogP contribution in [0, 0.1) is 0 Å². The zero-order chi connectivity index (χ0) is 22.4. The molecule has 7 nitrogen and oxygen atoms in total. The van der Waals surface area contributed by atoms with Crippen molar-refractivity contribution < 1.29 is 18.9 Å². The van der Waals surface area contributed by atoms with Crippen LogP contribution in [0.2, 0.25) is 0 Å². The van der Waals surface area contributed by atoms with Gasteiger partial charge in [-0.05, 0) is 53.5 Å². The number of amidine groups is 1. The number of methoxy groups -OCH3 is 1. The second kappa shape index (κ2) is 7.64. The first-order valence-electron chi connectivity index (χ1n) is 10.9. The van der Waals surface area contributed by atoms with E-state index in [2.05, 4.69) is 29.3 Å². The summed E-state index contributed by atoms with van der Waals surface area (Å²) < 4.78 is 22.9. The van der Waals surface area contributed by atoms with Crippen LogP contribution in [0.3, 0.4) is 0 Å². The Balaban J connectivity index is 1.51. The number of rotatable bonds is 3. The van der Waals surface area contributed by atoms with Crippen LogP contribution in [-0.2, 0) is 15.0 Å². The molecule has 0 amide bonds. The van der Waals surface area contributed by atoms with E-state index in [1.807, 2.05) is 30.5 Å². The lowest BCUT2D eigenvalue weighted by atomic mass is 9.79. The van der Waals surface area contributed by atoms with Crippen LogP contribution in [0.1, 0.15) is 23.1 Å². The monoisotopic (exact) mass is 441 g/mol. The van der Waals surface area contributed by atoms with Crippen molar-refractivity contribution in [3.63, 3.8) is 0 Å². The number of pyridine rings is 1. The molecule has 0 radical (unpaired) electrons. The topological polar surface area (TPSA) is 88.2 Å². The molecule has 1 aromatic heterocycles. The molecular weight excluding hydrogens is 418 g/mol. The Labute approximate surface area is 191 Å². The van der Waals surface area contributed by atoms with Gasteiger partial charge in [-0.2, -0.15) is 0 Å². The smallest absolute Gasteiger partial charge is 0.283 e. The Kier molecular flexibility index (Phi) is 4.58. The van der Waals surface area contributed by atoms with Gasteiger partial charge in [0.1, 0.15) is 23.9 Å². The summed E-state index contributed by atoms with van der Waals surface area (Å²) in [4.78, 5) is 9.12. The van der Waals surface area contributed by atoms with Crippen molar-refractivity contribution in [2.45, 2.75) is 12.0 Å². The first-order valence-corrected chi connectivity index (χ1v) is 10.9. The summed E-state index contributed by atoms with van der Waals surface area (Å²) in [6.07, 6.45) is 6.50. The minimum atomic E-state index is -0.781. The lowest BCUT2D eigenvalue weighted by molar-refractivity contribution is 0.161. The van der Waals surface area contributed by atoms with E-state index in [0.29, 0.717) is 19.0 Å². The van der Waals surface area contributed by atoms with E-state index in [9.17, 15) is 0 Å². The number of aromatic nitrogens is 1.